The van der Waals surface area contributed by atoms with Crippen LogP contribution >= 0.6 is 23.5 Å². The van der Waals surface area contributed by atoms with Gasteiger partial charge in [-0.1, -0.05) is 26.5 Å². The van der Waals surface area contributed by atoms with Gasteiger partial charge in [-0.15, -0.1) is 20.2 Å². The Morgan fingerprint density at radius 1 is 0.912 bits per heavy atom. The molecule has 1 aromatic rings. The highest BCUT2D eigenvalue weighted by molar-refractivity contribution is 7.99. The van der Waals surface area contributed by atoms with Crippen LogP contribution in [0.15, 0.2) is 24.8 Å². The van der Waals surface area contributed by atoms with Crippen LogP contribution in [-0.2, 0) is 19.3 Å². The van der Waals surface area contributed by atoms with Gasteiger partial charge in [0.05, 0.1) is 12.8 Å². The first-order valence-electron chi connectivity index (χ1n) is 10.2. The Hall–Kier alpha value is -3.00. The van der Waals surface area contributed by atoms with Gasteiger partial charge in [0.2, 0.25) is 0 Å². The van der Waals surface area contributed by atoms with Crippen molar-refractivity contribution in [2.75, 3.05) is 36.2 Å². The van der Waals surface area contributed by atoms with Crippen molar-refractivity contribution in [3.8, 4) is 11.5 Å². The molecule has 0 amide bonds. The quantitative estimate of drug-likeness (QED) is 0.0962. The third-order valence-corrected chi connectivity index (χ3v) is 5.30. The highest BCUT2D eigenvalue weighted by Crippen LogP contribution is 2.26. The highest BCUT2D eigenvalue weighted by atomic mass is 32.2. The maximum absolute atomic E-state index is 12.0. The average Bonchev–Trinajstić information content (AvgIpc) is 2.80. The normalized spacial score (nSPS) is 9.71. The van der Waals surface area contributed by atoms with Gasteiger partial charge in [-0.25, -0.2) is 0 Å². The van der Waals surface area contributed by atoms with Gasteiger partial charge in [0.25, 0.3) is 10.2 Å². The van der Waals surface area contributed by atoms with E-state index in [1.165, 1.54) is 47.8 Å². The fourth-order valence-electron chi connectivity index (χ4n) is 2.06. The Morgan fingerprint density at radius 3 is 1.88 bits per heavy atom. The lowest BCUT2D eigenvalue weighted by atomic mass is 10.2. The summed E-state index contributed by atoms with van der Waals surface area (Å²) >= 11 is 2.64. The number of hydrogen-bond acceptors (Lipinski definition) is 12. The van der Waals surface area contributed by atoms with E-state index in [2.05, 4.69) is 16.3 Å². The molecular formula is C20H28N2O10S2. The molecule has 1 aromatic carbocycles. The van der Waals surface area contributed by atoms with E-state index in [0.717, 1.165) is 0 Å². The lowest BCUT2D eigenvalue weighted by Crippen LogP contribution is -2.12. The van der Waals surface area contributed by atoms with Gasteiger partial charge in [-0.05, 0) is 18.2 Å². The zero-order valence-corrected chi connectivity index (χ0v) is 20.6. The predicted octanol–water partition coefficient (Wildman–Crippen LogP) is 3.83. The molecule has 0 atom stereocenters. The number of benzene rings is 1. The molecule has 0 aliphatic carbocycles. The molecule has 190 valence electrons. The van der Waals surface area contributed by atoms with E-state index in [9.17, 15) is 29.8 Å². The summed E-state index contributed by atoms with van der Waals surface area (Å²) in [7, 11) is 0. The fraction of sp³-hybridized carbons (Fsp3) is 0.500. The Balaban J connectivity index is 0.00000529. The summed E-state index contributed by atoms with van der Waals surface area (Å²) in [5.74, 6) is 1.12. The van der Waals surface area contributed by atoms with Crippen molar-refractivity contribution in [1.82, 2.24) is 0 Å². The molecule has 0 radical (unpaired) electrons. The fourth-order valence-corrected chi connectivity index (χ4v) is 3.47. The topological polar surface area (TPSA) is 157 Å². The molecule has 0 saturated heterocycles. The van der Waals surface area contributed by atoms with Gasteiger partial charge in [0, 0.05) is 28.6 Å². The highest BCUT2D eigenvalue weighted by Gasteiger charge is 2.11. The molecule has 0 aliphatic heterocycles. The summed E-state index contributed by atoms with van der Waals surface area (Å²) < 4.78 is 10.5. The lowest BCUT2D eigenvalue weighted by molar-refractivity contribution is -0.756. The van der Waals surface area contributed by atoms with Crippen LogP contribution in [0.1, 0.15) is 32.3 Å². The Labute approximate surface area is 205 Å². The van der Waals surface area contributed by atoms with Crippen molar-refractivity contribution in [2.45, 2.75) is 26.7 Å². The summed E-state index contributed by atoms with van der Waals surface area (Å²) in [6, 6.07) is 4.48. The summed E-state index contributed by atoms with van der Waals surface area (Å²) in [6.45, 7) is 7.55. The van der Waals surface area contributed by atoms with Crippen LogP contribution in [0.25, 0.3) is 6.08 Å². The van der Waals surface area contributed by atoms with E-state index in [1.807, 2.05) is 13.8 Å². The summed E-state index contributed by atoms with van der Waals surface area (Å²) in [5.41, 5.74) is 0.460. The predicted molar refractivity (Wildman–Crippen MR) is 129 cm³/mol. The number of carbonyl (C=O) groups excluding carboxylic acids is 2. The second-order valence-corrected chi connectivity index (χ2v) is 8.14. The summed E-state index contributed by atoms with van der Waals surface area (Å²) in [6.07, 6.45) is 1.66. The Kier molecular flexibility index (Phi) is 17.7. The molecule has 0 unspecified atom stereocenters. The van der Waals surface area contributed by atoms with E-state index in [1.54, 1.807) is 0 Å². The van der Waals surface area contributed by atoms with E-state index in [0.29, 0.717) is 28.6 Å². The summed E-state index contributed by atoms with van der Waals surface area (Å²) in [5, 5.41) is 18.3. The molecule has 0 fully saturated rings. The minimum absolute atomic E-state index is 0.0513. The lowest BCUT2D eigenvalue weighted by Gasteiger charge is -2.10. The van der Waals surface area contributed by atoms with Crippen LogP contribution in [0.2, 0.25) is 0 Å². The minimum Gasteiger partial charge on any atom is -0.426 e. The molecule has 0 heterocycles. The first-order valence-corrected chi connectivity index (χ1v) is 12.5. The van der Waals surface area contributed by atoms with Gasteiger partial charge < -0.3 is 19.1 Å². The largest absolute Gasteiger partial charge is 0.426 e. The van der Waals surface area contributed by atoms with Crippen LogP contribution in [0.5, 0.6) is 11.5 Å². The van der Waals surface area contributed by atoms with Crippen LogP contribution in [0.4, 0.5) is 0 Å². The molecule has 0 aliphatic rings. The molecule has 14 heteroatoms. The van der Waals surface area contributed by atoms with Crippen molar-refractivity contribution in [3.63, 3.8) is 0 Å². The van der Waals surface area contributed by atoms with Crippen molar-refractivity contribution in [2.24, 2.45) is 0 Å². The molecule has 12 nitrogen and oxygen atoms in total. The van der Waals surface area contributed by atoms with Crippen LogP contribution in [-0.4, -0.2) is 58.3 Å². The summed E-state index contributed by atoms with van der Waals surface area (Å²) in [4.78, 5) is 52.3. The number of ether oxygens (including phenoxy) is 2. The maximum Gasteiger partial charge on any atom is 0.312 e. The molecule has 1 rings (SSSR count). The van der Waals surface area contributed by atoms with Crippen molar-refractivity contribution in [3.05, 3.63) is 50.6 Å². The van der Waals surface area contributed by atoms with E-state index in [4.69, 9.17) is 9.47 Å². The van der Waals surface area contributed by atoms with Gasteiger partial charge in [-0.3, -0.25) is 9.59 Å². The Bertz CT molecular complexity index is 808. The van der Waals surface area contributed by atoms with Crippen LogP contribution in [0, 0.1) is 20.2 Å². The zero-order valence-electron chi connectivity index (χ0n) is 19.0. The SMILES string of the molecule is C=Cc1cc(OC(=O)CCSCCO[N+](=O)[O-])ccc1OC(=O)CCSCCO[N+](=O)[O-].CC. The molecule has 0 aromatic heterocycles. The monoisotopic (exact) mass is 520 g/mol. The number of esters is 2. The van der Waals surface area contributed by atoms with Crippen molar-refractivity contribution < 1.29 is 38.9 Å². The standard InChI is InChI=1S/C18H22N2O10S2.C2H6/c1-2-14-13-15(29-17(21)5-9-31-11-7-27-19(23)24)3-4-16(14)30-18(22)6-10-32-12-8-28-20(25)26;1-2/h2-4,13H,1,5-12H2;1-2H3. The number of carbonyl (C=O) groups is 2. The number of hydrogen-bond donors (Lipinski definition) is 0. The molecule has 34 heavy (non-hydrogen) atoms. The van der Waals surface area contributed by atoms with Gasteiger partial charge in [-0.2, -0.15) is 23.5 Å². The number of nitrogens with zero attached hydrogens (tertiary/aromatic N) is 2. The van der Waals surface area contributed by atoms with Crippen molar-refractivity contribution in [1.29, 1.82) is 0 Å². The minimum atomic E-state index is -0.872. The van der Waals surface area contributed by atoms with E-state index >= 15 is 0 Å². The van der Waals surface area contributed by atoms with E-state index < -0.39 is 22.1 Å². The van der Waals surface area contributed by atoms with Gasteiger partial charge in [0.1, 0.15) is 24.7 Å². The Morgan fingerprint density at radius 2 is 1.41 bits per heavy atom. The molecule has 0 bridgehead atoms. The molecule has 0 spiro atoms. The second kappa shape index (κ2) is 19.5. The number of thioether (sulfide) groups is 2. The molecule has 0 N–H and O–H groups in total. The van der Waals surface area contributed by atoms with Crippen LogP contribution < -0.4 is 9.47 Å². The first-order chi connectivity index (χ1) is 16.3. The smallest absolute Gasteiger partial charge is 0.312 e. The maximum atomic E-state index is 12.0. The second-order valence-electron chi connectivity index (χ2n) is 5.69. The molecular weight excluding hydrogens is 492 g/mol. The third kappa shape index (κ3) is 15.7. The number of rotatable bonds is 17. The average molecular weight is 521 g/mol. The van der Waals surface area contributed by atoms with Gasteiger partial charge in [0.15, 0.2) is 0 Å². The molecule has 0 saturated carbocycles. The zero-order chi connectivity index (χ0) is 25.8. The van der Waals surface area contributed by atoms with Gasteiger partial charge >= 0.3 is 11.9 Å². The third-order valence-electron chi connectivity index (χ3n) is 3.41. The van der Waals surface area contributed by atoms with E-state index in [-0.39, 0.29) is 37.6 Å². The van der Waals surface area contributed by atoms with Crippen molar-refractivity contribution >= 4 is 41.5 Å². The first kappa shape index (κ1) is 31.0. The van der Waals surface area contributed by atoms with Crippen LogP contribution in [0.3, 0.4) is 0 Å².